The van der Waals surface area contributed by atoms with E-state index in [1.807, 2.05) is 36.4 Å². The van der Waals surface area contributed by atoms with Crippen LogP contribution in [0.15, 0.2) is 42.6 Å². The molecule has 2 aromatic heterocycles. The molecule has 4 heteroatoms. The van der Waals surface area contributed by atoms with Crippen molar-refractivity contribution in [1.29, 1.82) is 0 Å². The van der Waals surface area contributed by atoms with E-state index in [0.717, 1.165) is 21.9 Å². The van der Waals surface area contributed by atoms with Gasteiger partial charge in [0.05, 0.1) is 5.52 Å². The predicted octanol–water partition coefficient (Wildman–Crippen LogP) is 3.60. The zero-order valence-electron chi connectivity index (χ0n) is 10.4. The molecule has 1 aliphatic rings. The van der Waals surface area contributed by atoms with Gasteiger partial charge >= 0.3 is 0 Å². The van der Waals surface area contributed by atoms with Crippen molar-refractivity contribution in [3.05, 3.63) is 53.7 Å². The van der Waals surface area contributed by atoms with Crippen LogP contribution in [0.3, 0.4) is 0 Å². The first kappa shape index (κ1) is 11.6. The number of aromatic nitrogens is 2. The molecule has 20 heavy (non-hydrogen) atoms. The molecule has 0 spiro atoms. The normalized spacial score (nSPS) is 17.6. The van der Waals surface area contributed by atoms with Crippen molar-refractivity contribution in [3.63, 3.8) is 0 Å². The van der Waals surface area contributed by atoms with Gasteiger partial charge in [-0.3, -0.25) is 4.79 Å². The summed E-state index contributed by atoms with van der Waals surface area (Å²) in [6.45, 7) is 0. The average Bonchev–Trinajstić information content (AvgIpc) is 2.48. The van der Waals surface area contributed by atoms with E-state index in [-0.39, 0.29) is 5.78 Å². The minimum atomic E-state index is -0.612. The number of ketones is 1. The Balaban J connectivity index is 2.15. The molecule has 1 atom stereocenters. The van der Waals surface area contributed by atoms with Crippen LogP contribution in [0, 0.1) is 0 Å². The van der Waals surface area contributed by atoms with Crippen LogP contribution in [-0.4, -0.2) is 21.1 Å². The topological polar surface area (TPSA) is 42.9 Å². The third-order valence-corrected chi connectivity index (χ3v) is 3.87. The smallest absolute Gasteiger partial charge is 0.185 e. The number of allylic oxidation sites excluding steroid dienone is 1. The zero-order chi connectivity index (χ0) is 13.7. The van der Waals surface area contributed by atoms with Gasteiger partial charge in [0.1, 0.15) is 5.38 Å². The van der Waals surface area contributed by atoms with Crippen molar-refractivity contribution >= 4 is 45.4 Å². The molecule has 0 fully saturated rings. The summed E-state index contributed by atoms with van der Waals surface area (Å²) in [4.78, 5) is 21.2. The molecule has 0 saturated carbocycles. The van der Waals surface area contributed by atoms with Gasteiger partial charge in [0.25, 0.3) is 0 Å². The number of nitrogens with zero attached hydrogens (tertiary/aromatic N) is 2. The molecule has 0 amide bonds. The monoisotopic (exact) mass is 280 g/mol. The zero-order valence-corrected chi connectivity index (χ0v) is 11.1. The standard InChI is InChI=1S/C16H9ClN2O/c17-12-6-5-10-8-18-16-11(14(10)15(12)20)7-9-3-1-2-4-13(9)19-16/h1-8,12H. The maximum absolute atomic E-state index is 12.3. The van der Waals surface area contributed by atoms with Crippen LogP contribution in [0.1, 0.15) is 15.9 Å². The number of carbonyl (C=O) groups is 1. The van der Waals surface area contributed by atoms with E-state index in [2.05, 4.69) is 9.97 Å². The first-order chi connectivity index (χ1) is 9.74. The molecule has 0 N–H and O–H groups in total. The Hall–Kier alpha value is -2.26. The minimum absolute atomic E-state index is 0.0892. The van der Waals surface area contributed by atoms with E-state index in [0.29, 0.717) is 11.2 Å². The second-order valence-corrected chi connectivity index (χ2v) is 5.24. The maximum atomic E-state index is 12.3. The molecule has 0 saturated heterocycles. The molecular formula is C16H9ClN2O. The highest BCUT2D eigenvalue weighted by molar-refractivity contribution is 6.38. The third-order valence-electron chi connectivity index (χ3n) is 3.53. The van der Waals surface area contributed by atoms with Crippen molar-refractivity contribution in [1.82, 2.24) is 9.97 Å². The first-order valence-corrected chi connectivity index (χ1v) is 6.73. The number of rotatable bonds is 0. The number of carbonyl (C=O) groups excluding carboxylic acids is 1. The Morgan fingerprint density at radius 3 is 2.95 bits per heavy atom. The van der Waals surface area contributed by atoms with E-state index < -0.39 is 5.38 Å². The molecule has 1 aromatic carbocycles. The Labute approximate surface area is 119 Å². The van der Waals surface area contributed by atoms with Crippen molar-refractivity contribution in [3.8, 4) is 0 Å². The van der Waals surface area contributed by atoms with E-state index in [1.54, 1.807) is 12.3 Å². The second-order valence-electron chi connectivity index (χ2n) is 4.77. The SMILES string of the molecule is O=C1c2c(cnc3nc4ccccc4cc23)C=CC1Cl. The Morgan fingerprint density at radius 1 is 1.20 bits per heavy atom. The molecule has 0 radical (unpaired) electrons. The van der Waals surface area contributed by atoms with E-state index in [4.69, 9.17) is 11.6 Å². The fourth-order valence-electron chi connectivity index (χ4n) is 2.55. The van der Waals surface area contributed by atoms with Gasteiger partial charge in [0.15, 0.2) is 11.4 Å². The highest BCUT2D eigenvalue weighted by Crippen LogP contribution is 2.29. The molecule has 0 aliphatic heterocycles. The number of Topliss-reactive ketones (excluding diaryl/α,β-unsaturated/α-hetero) is 1. The van der Waals surface area contributed by atoms with Crippen LogP contribution >= 0.6 is 11.6 Å². The van der Waals surface area contributed by atoms with Crippen molar-refractivity contribution in [2.45, 2.75) is 5.38 Å². The lowest BCUT2D eigenvalue weighted by atomic mass is 9.94. The van der Waals surface area contributed by atoms with Gasteiger partial charge in [-0.1, -0.05) is 30.4 Å². The predicted molar refractivity (Wildman–Crippen MR) is 80.0 cm³/mol. The van der Waals surface area contributed by atoms with Crippen molar-refractivity contribution in [2.75, 3.05) is 0 Å². The van der Waals surface area contributed by atoms with E-state index in [9.17, 15) is 4.79 Å². The summed E-state index contributed by atoms with van der Waals surface area (Å²) in [5.41, 5.74) is 2.87. The van der Waals surface area contributed by atoms with Gasteiger partial charge < -0.3 is 0 Å². The quantitative estimate of drug-likeness (QED) is 0.467. The molecule has 3 nitrogen and oxygen atoms in total. The first-order valence-electron chi connectivity index (χ1n) is 6.29. The molecular weight excluding hydrogens is 272 g/mol. The van der Waals surface area contributed by atoms with Gasteiger partial charge in [0, 0.05) is 28.1 Å². The van der Waals surface area contributed by atoms with Crippen molar-refractivity contribution in [2.24, 2.45) is 0 Å². The van der Waals surface area contributed by atoms with E-state index in [1.165, 1.54) is 0 Å². The molecule has 0 bridgehead atoms. The number of pyridine rings is 2. The molecule has 3 aromatic rings. The van der Waals surface area contributed by atoms with E-state index >= 15 is 0 Å². The van der Waals surface area contributed by atoms with Crippen LogP contribution in [-0.2, 0) is 0 Å². The fourth-order valence-corrected chi connectivity index (χ4v) is 2.74. The van der Waals surface area contributed by atoms with Gasteiger partial charge in [-0.25, -0.2) is 9.97 Å². The lowest BCUT2D eigenvalue weighted by molar-refractivity contribution is 0.0999. The average molecular weight is 281 g/mol. The molecule has 2 heterocycles. The summed E-state index contributed by atoms with van der Waals surface area (Å²) in [7, 11) is 0. The molecule has 4 rings (SSSR count). The summed E-state index contributed by atoms with van der Waals surface area (Å²) in [6.07, 6.45) is 5.21. The van der Waals surface area contributed by atoms with Gasteiger partial charge in [0.2, 0.25) is 0 Å². The number of fused-ring (bicyclic) bond motifs is 4. The molecule has 1 unspecified atom stereocenters. The number of para-hydroxylation sites is 1. The van der Waals surface area contributed by atoms with Crippen LogP contribution < -0.4 is 0 Å². The molecule has 1 aliphatic carbocycles. The van der Waals surface area contributed by atoms with Crippen LogP contribution in [0.25, 0.3) is 28.0 Å². The largest absolute Gasteiger partial charge is 0.292 e. The fraction of sp³-hybridized carbons (Fsp3) is 0.0625. The number of alkyl halides is 1. The summed E-state index contributed by atoms with van der Waals surface area (Å²) < 4.78 is 0. The highest BCUT2D eigenvalue weighted by atomic mass is 35.5. The number of halogens is 1. The van der Waals surface area contributed by atoms with Gasteiger partial charge in [-0.2, -0.15) is 0 Å². The minimum Gasteiger partial charge on any atom is -0.292 e. The van der Waals surface area contributed by atoms with Gasteiger partial charge in [-0.05, 0) is 12.1 Å². The lowest BCUT2D eigenvalue weighted by Gasteiger charge is -2.15. The number of hydrogen-bond acceptors (Lipinski definition) is 3. The molecule has 96 valence electrons. The van der Waals surface area contributed by atoms with Crippen LogP contribution in [0.4, 0.5) is 0 Å². The Kier molecular flexibility index (Phi) is 2.38. The summed E-state index contributed by atoms with van der Waals surface area (Å²) in [5.74, 6) is -0.0892. The Bertz CT molecular complexity index is 902. The van der Waals surface area contributed by atoms with Crippen LogP contribution in [0.5, 0.6) is 0 Å². The summed E-state index contributed by atoms with van der Waals surface area (Å²) in [5, 5.41) is 1.14. The number of benzene rings is 1. The van der Waals surface area contributed by atoms with Gasteiger partial charge in [-0.15, -0.1) is 11.6 Å². The van der Waals surface area contributed by atoms with Crippen LogP contribution in [0.2, 0.25) is 0 Å². The summed E-state index contributed by atoms with van der Waals surface area (Å²) >= 11 is 6.04. The third kappa shape index (κ3) is 1.57. The lowest BCUT2D eigenvalue weighted by Crippen LogP contribution is -2.17. The second kappa shape index (κ2) is 4.12. The number of hydrogen-bond donors (Lipinski definition) is 0. The maximum Gasteiger partial charge on any atom is 0.185 e. The highest BCUT2D eigenvalue weighted by Gasteiger charge is 2.24. The Morgan fingerprint density at radius 2 is 2.05 bits per heavy atom. The van der Waals surface area contributed by atoms with Crippen molar-refractivity contribution < 1.29 is 4.79 Å². The summed E-state index contributed by atoms with van der Waals surface area (Å²) in [6, 6.07) is 9.75.